The van der Waals surface area contributed by atoms with Crippen LogP contribution < -0.4 is 0 Å². The van der Waals surface area contributed by atoms with Gasteiger partial charge in [-0.1, -0.05) is 44.9 Å². The fourth-order valence-electron chi connectivity index (χ4n) is 2.19. The Labute approximate surface area is 125 Å². The molecule has 114 valence electrons. The van der Waals surface area contributed by atoms with Crippen LogP contribution in [0.2, 0.25) is 0 Å². The molecule has 0 aromatic carbocycles. The maximum Gasteiger partial charge on any atom is 0.313 e. The first-order valence-electron chi connectivity index (χ1n) is 7.38. The van der Waals surface area contributed by atoms with Crippen LogP contribution in [0.3, 0.4) is 0 Å². The number of carboxylic acid groups (broad SMARTS) is 1. The molecule has 6 heteroatoms. The van der Waals surface area contributed by atoms with Crippen LogP contribution in [-0.4, -0.2) is 31.6 Å². The summed E-state index contributed by atoms with van der Waals surface area (Å²) < 4.78 is 2.13. The molecule has 20 heavy (non-hydrogen) atoms. The predicted molar refractivity (Wildman–Crippen MR) is 81.2 cm³/mol. The van der Waals surface area contributed by atoms with Crippen molar-refractivity contribution in [2.75, 3.05) is 5.75 Å². The molecule has 0 saturated carbocycles. The minimum Gasteiger partial charge on any atom is -0.481 e. The summed E-state index contributed by atoms with van der Waals surface area (Å²) in [7, 11) is 0. The number of carbonyl (C=O) groups is 1. The Bertz CT molecular complexity index is 421. The van der Waals surface area contributed by atoms with Crippen LogP contribution in [0.25, 0.3) is 0 Å². The molecule has 0 spiro atoms. The summed E-state index contributed by atoms with van der Waals surface area (Å²) >= 11 is 1.26. The molecule has 1 atom stereocenters. The third-order valence-corrected chi connectivity index (χ3v) is 4.13. The second-order valence-corrected chi connectivity index (χ2v) is 5.99. The molecule has 0 aliphatic carbocycles. The van der Waals surface area contributed by atoms with E-state index in [4.69, 9.17) is 5.11 Å². The number of aryl methyl sites for hydroxylation is 1. The van der Waals surface area contributed by atoms with Crippen molar-refractivity contribution in [3.63, 3.8) is 0 Å². The molecule has 0 aliphatic heterocycles. The van der Waals surface area contributed by atoms with Gasteiger partial charge >= 0.3 is 5.97 Å². The van der Waals surface area contributed by atoms with Crippen molar-refractivity contribution in [3.8, 4) is 0 Å². The molecule has 0 bridgehead atoms. The topological polar surface area (TPSA) is 68.0 Å². The molecule has 1 heterocycles. The van der Waals surface area contributed by atoms with Crippen LogP contribution in [0.5, 0.6) is 0 Å². The first-order valence-corrected chi connectivity index (χ1v) is 8.37. The number of nitrogens with zero attached hydrogens (tertiary/aromatic N) is 3. The Morgan fingerprint density at radius 2 is 2.05 bits per heavy atom. The van der Waals surface area contributed by atoms with E-state index in [9.17, 15) is 4.79 Å². The van der Waals surface area contributed by atoms with Crippen molar-refractivity contribution in [1.29, 1.82) is 0 Å². The van der Waals surface area contributed by atoms with Crippen molar-refractivity contribution in [3.05, 3.63) is 5.82 Å². The Kier molecular flexibility index (Phi) is 7.65. The van der Waals surface area contributed by atoms with Gasteiger partial charge in [-0.15, -0.1) is 10.2 Å². The van der Waals surface area contributed by atoms with Crippen molar-refractivity contribution in [1.82, 2.24) is 14.8 Å². The number of rotatable bonds is 10. The lowest BCUT2D eigenvalue weighted by atomic mass is 10.1. The normalized spacial score (nSPS) is 12.6. The van der Waals surface area contributed by atoms with Gasteiger partial charge in [0.15, 0.2) is 5.16 Å². The zero-order valence-electron chi connectivity index (χ0n) is 12.6. The van der Waals surface area contributed by atoms with E-state index in [1.807, 2.05) is 0 Å². The van der Waals surface area contributed by atoms with Crippen LogP contribution in [0.15, 0.2) is 5.16 Å². The Morgan fingerprint density at radius 1 is 1.30 bits per heavy atom. The van der Waals surface area contributed by atoms with Gasteiger partial charge in [-0.2, -0.15) is 0 Å². The lowest BCUT2D eigenvalue weighted by Gasteiger charge is -2.17. The third kappa shape index (κ3) is 5.15. The third-order valence-electron chi connectivity index (χ3n) is 3.20. The Morgan fingerprint density at radius 3 is 2.65 bits per heavy atom. The zero-order chi connectivity index (χ0) is 15.0. The van der Waals surface area contributed by atoms with Crippen molar-refractivity contribution < 1.29 is 9.90 Å². The number of carboxylic acids is 1. The highest BCUT2D eigenvalue weighted by atomic mass is 32.2. The smallest absolute Gasteiger partial charge is 0.313 e. The summed E-state index contributed by atoms with van der Waals surface area (Å²) in [6.07, 6.45) is 6.61. The molecule has 1 aromatic heterocycles. The van der Waals surface area contributed by atoms with Crippen LogP contribution in [-0.2, 0) is 11.2 Å². The van der Waals surface area contributed by atoms with Crippen LogP contribution >= 0.6 is 11.8 Å². The van der Waals surface area contributed by atoms with E-state index in [1.54, 1.807) is 0 Å². The van der Waals surface area contributed by atoms with Gasteiger partial charge in [-0.3, -0.25) is 4.79 Å². The molecule has 1 unspecified atom stereocenters. The minimum atomic E-state index is -0.819. The van der Waals surface area contributed by atoms with Gasteiger partial charge < -0.3 is 9.67 Å². The number of aliphatic carboxylic acids is 1. The maximum atomic E-state index is 10.7. The fourth-order valence-corrected chi connectivity index (χ4v) is 2.96. The van der Waals surface area contributed by atoms with E-state index in [1.165, 1.54) is 31.0 Å². The lowest BCUT2D eigenvalue weighted by molar-refractivity contribution is -0.133. The summed E-state index contributed by atoms with van der Waals surface area (Å²) in [5.41, 5.74) is 0. The average Bonchev–Trinajstić information content (AvgIpc) is 2.80. The lowest BCUT2D eigenvalue weighted by Crippen LogP contribution is -2.12. The number of hydrogen-bond donors (Lipinski definition) is 1. The molecule has 5 nitrogen and oxygen atoms in total. The summed E-state index contributed by atoms with van der Waals surface area (Å²) in [6.45, 7) is 6.48. The number of aromatic nitrogens is 3. The van der Waals surface area contributed by atoms with E-state index in [2.05, 4.69) is 35.5 Å². The van der Waals surface area contributed by atoms with E-state index < -0.39 is 5.97 Å². The second-order valence-electron chi connectivity index (χ2n) is 5.05. The van der Waals surface area contributed by atoms with E-state index in [0.29, 0.717) is 6.04 Å². The van der Waals surface area contributed by atoms with Gasteiger partial charge in [0.1, 0.15) is 5.82 Å². The number of thioether (sulfide) groups is 1. The highest BCUT2D eigenvalue weighted by Gasteiger charge is 2.17. The molecule has 0 radical (unpaired) electrons. The molecule has 1 aromatic rings. The van der Waals surface area contributed by atoms with Crippen molar-refractivity contribution >= 4 is 17.7 Å². The minimum absolute atomic E-state index is 0.0337. The Balaban J connectivity index is 2.80. The first kappa shape index (κ1) is 17.0. The van der Waals surface area contributed by atoms with E-state index >= 15 is 0 Å². The number of hydrogen-bond acceptors (Lipinski definition) is 4. The Hall–Kier alpha value is -1.04. The van der Waals surface area contributed by atoms with Gasteiger partial charge in [-0.05, 0) is 19.8 Å². The molecule has 0 saturated heterocycles. The quantitative estimate of drug-likeness (QED) is 0.528. The predicted octanol–water partition coefficient (Wildman–Crippen LogP) is 3.55. The molecule has 0 fully saturated rings. The molecule has 0 amide bonds. The number of unbranched alkanes of at least 4 members (excludes halogenated alkanes) is 2. The molecule has 0 aliphatic rings. The van der Waals surface area contributed by atoms with E-state index in [-0.39, 0.29) is 5.75 Å². The molecular weight excluding hydrogens is 274 g/mol. The molecular formula is C14H25N3O2S. The fraction of sp³-hybridized carbons (Fsp3) is 0.786. The van der Waals surface area contributed by atoms with Gasteiger partial charge in [0, 0.05) is 12.5 Å². The van der Waals surface area contributed by atoms with Crippen molar-refractivity contribution in [2.45, 2.75) is 70.5 Å². The standard InChI is InChI=1S/C14H25N3O2S/c1-4-6-7-9-11(3)17-12(8-5-2)15-16-14(17)20-10-13(18)19/h11H,4-10H2,1-3H3,(H,18,19). The zero-order valence-corrected chi connectivity index (χ0v) is 13.4. The van der Waals surface area contributed by atoms with E-state index in [0.717, 1.165) is 30.2 Å². The van der Waals surface area contributed by atoms with Gasteiger partial charge in [-0.25, -0.2) is 0 Å². The SMILES string of the molecule is CCCCCC(C)n1c(CCC)nnc1SCC(=O)O. The maximum absolute atomic E-state index is 10.7. The molecule has 1 N–H and O–H groups in total. The summed E-state index contributed by atoms with van der Waals surface area (Å²) in [5.74, 6) is 0.191. The summed E-state index contributed by atoms with van der Waals surface area (Å²) in [6, 6.07) is 0.328. The highest BCUT2D eigenvalue weighted by Crippen LogP contribution is 2.25. The summed E-state index contributed by atoms with van der Waals surface area (Å²) in [4.78, 5) is 10.7. The average molecular weight is 299 g/mol. The van der Waals surface area contributed by atoms with Crippen molar-refractivity contribution in [2.24, 2.45) is 0 Å². The summed E-state index contributed by atoms with van der Waals surface area (Å²) in [5, 5.41) is 17.9. The monoisotopic (exact) mass is 299 g/mol. The van der Waals surface area contributed by atoms with Crippen LogP contribution in [0.4, 0.5) is 0 Å². The molecule has 1 rings (SSSR count). The highest BCUT2D eigenvalue weighted by molar-refractivity contribution is 7.99. The van der Waals surface area contributed by atoms with Gasteiger partial charge in [0.05, 0.1) is 5.75 Å². The van der Waals surface area contributed by atoms with Crippen LogP contribution in [0.1, 0.15) is 64.7 Å². The largest absolute Gasteiger partial charge is 0.481 e. The second kappa shape index (κ2) is 9.00. The van der Waals surface area contributed by atoms with Crippen LogP contribution in [0, 0.1) is 0 Å². The van der Waals surface area contributed by atoms with Gasteiger partial charge in [0.2, 0.25) is 0 Å². The van der Waals surface area contributed by atoms with Gasteiger partial charge in [0.25, 0.3) is 0 Å². The first-order chi connectivity index (χ1) is 9.60.